The molecule has 1 aliphatic rings. The van der Waals surface area contributed by atoms with Crippen LogP contribution in [0.4, 0.5) is 5.82 Å². The predicted molar refractivity (Wildman–Crippen MR) is 74.2 cm³/mol. The third-order valence-electron chi connectivity index (χ3n) is 3.23. The van der Waals surface area contributed by atoms with Gasteiger partial charge >= 0.3 is 0 Å². The van der Waals surface area contributed by atoms with Gasteiger partial charge in [-0.1, -0.05) is 20.8 Å². The maximum Gasteiger partial charge on any atom is 0.135 e. The van der Waals surface area contributed by atoms with Crippen molar-refractivity contribution in [1.82, 2.24) is 9.97 Å². The quantitative estimate of drug-likeness (QED) is 0.836. The molecule has 1 saturated carbocycles. The first-order valence-electron chi connectivity index (χ1n) is 6.41. The Morgan fingerprint density at radius 2 is 2.12 bits per heavy atom. The van der Waals surface area contributed by atoms with Gasteiger partial charge in [0.25, 0.3) is 0 Å². The van der Waals surface area contributed by atoms with E-state index in [0.29, 0.717) is 17.9 Å². The van der Waals surface area contributed by atoms with Gasteiger partial charge in [0.15, 0.2) is 0 Å². The molecule has 0 radical (unpaired) electrons. The first-order chi connectivity index (χ1) is 8.10. The molecule has 1 aromatic rings. The molecule has 1 unspecified atom stereocenters. The lowest BCUT2D eigenvalue weighted by molar-refractivity contribution is 0.509. The van der Waals surface area contributed by atoms with E-state index in [2.05, 4.69) is 52.0 Å². The van der Waals surface area contributed by atoms with Crippen molar-refractivity contribution < 1.29 is 0 Å². The summed E-state index contributed by atoms with van der Waals surface area (Å²) in [5, 5.41) is 3.51. The van der Waals surface area contributed by atoms with E-state index in [1.165, 1.54) is 12.8 Å². The summed E-state index contributed by atoms with van der Waals surface area (Å²) in [6.45, 7) is 6.67. The van der Waals surface area contributed by atoms with E-state index in [-0.39, 0.29) is 0 Å². The van der Waals surface area contributed by atoms with Gasteiger partial charge in [0.1, 0.15) is 16.2 Å². The van der Waals surface area contributed by atoms with E-state index in [0.717, 1.165) is 22.7 Å². The van der Waals surface area contributed by atoms with Crippen LogP contribution in [-0.4, -0.2) is 16.0 Å². The molecule has 1 atom stereocenters. The smallest absolute Gasteiger partial charge is 0.135 e. The first-order valence-corrected chi connectivity index (χ1v) is 7.20. The molecule has 2 rings (SSSR count). The number of nitrogens with one attached hydrogen (secondary N) is 1. The van der Waals surface area contributed by atoms with Gasteiger partial charge < -0.3 is 5.32 Å². The minimum atomic E-state index is 0.476. The van der Waals surface area contributed by atoms with Crippen molar-refractivity contribution in [3.63, 3.8) is 0 Å². The molecule has 0 aliphatic heterocycles. The van der Waals surface area contributed by atoms with Gasteiger partial charge in [-0.05, 0) is 41.1 Å². The van der Waals surface area contributed by atoms with Crippen LogP contribution in [0.3, 0.4) is 0 Å². The molecule has 0 spiro atoms. The fraction of sp³-hybridized carbons (Fsp3) is 0.692. The van der Waals surface area contributed by atoms with Crippen LogP contribution >= 0.6 is 15.9 Å². The van der Waals surface area contributed by atoms with E-state index in [1.807, 2.05) is 6.07 Å². The van der Waals surface area contributed by atoms with E-state index < -0.39 is 0 Å². The zero-order valence-electron chi connectivity index (χ0n) is 10.7. The number of nitrogens with zero attached hydrogens (tertiary/aromatic N) is 2. The molecule has 17 heavy (non-hydrogen) atoms. The molecule has 1 aliphatic carbocycles. The molecule has 94 valence electrons. The highest BCUT2D eigenvalue weighted by Crippen LogP contribution is 2.38. The van der Waals surface area contributed by atoms with Crippen molar-refractivity contribution >= 4 is 21.7 Å². The molecule has 1 heterocycles. The lowest BCUT2D eigenvalue weighted by atomic mass is 10.0. The zero-order valence-corrected chi connectivity index (χ0v) is 12.3. The Labute approximate surface area is 112 Å². The standard InChI is InChI=1S/C13H20BrN3/c1-4-10(8(2)3)15-12-7-11(14)16-13(17-12)9-5-6-9/h7-10H,4-6H2,1-3H3,(H,15,16,17). The van der Waals surface area contributed by atoms with Crippen LogP contribution in [0, 0.1) is 5.92 Å². The third kappa shape index (κ3) is 3.41. The fourth-order valence-electron chi connectivity index (χ4n) is 1.96. The summed E-state index contributed by atoms with van der Waals surface area (Å²) < 4.78 is 0.885. The van der Waals surface area contributed by atoms with Gasteiger partial charge in [-0.2, -0.15) is 0 Å². The fourth-order valence-corrected chi connectivity index (χ4v) is 2.36. The minimum absolute atomic E-state index is 0.476. The molecule has 1 N–H and O–H groups in total. The number of hydrogen-bond donors (Lipinski definition) is 1. The summed E-state index contributed by atoms with van der Waals surface area (Å²) in [6, 6.07) is 2.44. The number of aromatic nitrogens is 2. The van der Waals surface area contributed by atoms with Crippen molar-refractivity contribution in [2.45, 2.75) is 52.0 Å². The molecule has 4 heteroatoms. The largest absolute Gasteiger partial charge is 0.367 e. The SMILES string of the molecule is CCC(Nc1cc(Br)nc(C2CC2)n1)C(C)C. The van der Waals surface area contributed by atoms with Crippen LogP contribution in [0.15, 0.2) is 10.7 Å². The van der Waals surface area contributed by atoms with Crippen LogP contribution in [-0.2, 0) is 0 Å². The van der Waals surface area contributed by atoms with Gasteiger partial charge in [-0.25, -0.2) is 9.97 Å². The summed E-state index contributed by atoms with van der Waals surface area (Å²) in [5.74, 6) is 3.14. The Morgan fingerprint density at radius 3 is 2.65 bits per heavy atom. The summed E-state index contributed by atoms with van der Waals surface area (Å²) >= 11 is 3.47. The van der Waals surface area contributed by atoms with Crippen molar-refractivity contribution in [1.29, 1.82) is 0 Å². The number of halogens is 1. The van der Waals surface area contributed by atoms with Crippen molar-refractivity contribution in [2.75, 3.05) is 5.32 Å². The van der Waals surface area contributed by atoms with Crippen molar-refractivity contribution in [3.05, 3.63) is 16.5 Å². The second-order valence-electron chi connectivity index (χ2n) is 5.11. The number of anilines is 1. The predicted octanol–water partition coefficient (Wildman–Crippen LogP) is 3.96. The van der Waals surface area contributed by atoms with Crippen LogP contribution < -0.4 is 5.32 Å². The van der Waals surface area contributed by atoms with Crippen LogP contribution in [0.25, 0.3) is 0 Å². The molecular formula is C13H20BrN3. The van der Waals surface area contributed by atoms with Crippen LogP contribution in [0.2, 0.25) is 0 Å². The van der Waals surface area contributed by atoms with Gasteiger partial charge in [0.2, 0.25) is 0 Å². The van der Waals surface area contributed by atoms with Gasteiger partial charge in [0.05, 0.1) is 0 Å². The van der Waals surface area contributed by atoms with Gasteiger partial charge in [-0.3, -0.25) is 0 Å². The topological polar surface area (TPSA) is 37.8 Å². The van der Waals surface area contributed by atoms with Crippen molar-refractivity contribution in [3.8, 4) is 0 Å². The zero-order chi connectivity index (χ0) is 12.4. The van der Waals surface area contributed by atoms with Crippen molar-refractivity contribution in [2.24, 2.45) is 5.92 Å². The monoisotopic (exact) mass is 297 g/mol. The Morgan fingerprint density at radius 1 is 1.41 bits per heavy atom. The van der Waals surface area contributed by atoms with Gasteiger partial charge in [-0.15, -0.1) is 0 Å². The third-order valence-corrected chi connectivity index (χ3v) is 3.64. The normalized spacial score (nSPS) is 17.2. The van der Waals surface area contributed by atoms with Crippen LogP contribution in [0.1, 0.15) is 51.8 Å². The number of hydrogen-bond acceptors (Lipinski definition) is 3. The highest BCUT2D eigenvalue weighted by atomic mass is 79.9. The molecule has 0 bridgehead atoms. The highest BCUT2D eigenvalue weighted by molar-refractivity contribution is 9.10. The Kier molecular flexibility index (Phi) is 4.02. The molecule has 0 saturated heterocycles. The Balaban J connectivity index is 2.14. The summed E-state index contributed by atoms with van der Waals surface area (Å²) in [4.78, 5) is 9.05. The summed E-state index contributed by atoms with van der Waals surface area (Å²) in [6.07, 6.45) is 3.58. The van der Waals surface area contributed by atoms with Gasteiger partial charge in [0, 0.05) is 18.0 Å². The molecule has 1 aromatic heterocycles. The Hall–Kier alpha value is -0.640. The second kappa shape index (κ2) is 5.34. The molecule has 1 fully saturated rings. The summed E-state index contributed by atoms with van der Waals surface area (Å²) in [7, 11) is 0. The molecule has 0 amide bonds. The molecular weight excluding hydrogens is 278 g/mol. The van der Waals surface area contributed by atoms with E-state index in [9.17, 15) is 0 Å². The summed E-state index contributed by atoms with van der Waals surface area (Å²) in [5.41, 5.74) is 0. The highest BCUT2D eigenvalue weighted by Gasteiger charge is 2.27. The first kappa shape index (κ1) is 12.8. The molecule has 0 aromatic carbocycles. The maximum atomic E-state index is 4.61. The lowest BCUT2D eigenvalue weighted by Crippen LogP contribution is -2.25. The number of rotatable bonds is 5. The van der Waals surface area contributed by atoms with E-state index >= 15 is 0 Å². The maximum absolute atomic E-state index is 4.61. The molecule has 3 nitrogen and oxygen atoms in total. The van der Waals surface area contributed by atoms with Crippen LogP contribution in [0.5, 0.6) is 0 Å². The average Bonchev–Trinajstić information content (AvgIpc) is 3.08. The Bertz CT molecular complexity index is 388. The van der Waals surface area contributed by atoms with E-state index in [4.69, 9.17) is 0 Å². The second-order valence-corrected chi connectivity index (χ2v) is 5.92. The van der Waals surface area contributed by atoms with E-state index in [1.54, 1.807) is 0 Å². The average molecular weight is 298 g/mol. The lowest BCUT2D eigenvalue weighted by Gasteiger charge is -2.21. The minimum Gasteiger partial charge on any atom is -0.367 e.